The molecule has 74 valence electrons. The summed E-state index contributed by atoms with van der Waals surface area (Å²) in [5.74, 6) is -0.429. The topological polar surface area (TPSA) is 29.1 Å². The standard InChI is InChI=1S/C8H6BF3NO.K/c10-9(11,12)6-2-1-5-4-13-8(14)7(5)3-6;/h1-3H,4H2,(H,13,14);/q-1;+1. The van der Waals surface area contributed by atoms with Crippen LogP contribution in [0, 0.1) is 0 Å². The number of benzene rings is 1. The van der Waals surface area contributed by atoms with E-state index < -0.39 is 18.3 Å². The smallest absolute Gasteiger partial charge is 0.445 e. The summed E-state index contributed by atoms with van der Waals surface area (Å²) in [6, 6.07) is 3.27. The van der Waals surface area contributed by atoms with Gasteiger partial charge >= 0.3 is 58.4 Å². The van der Waals surface area contributed by atoms with Crippen molar-refractivity contribution in [2.24, 2.45) is 0 Å². The SMILES string of the molecule is O=C1NCc2ccc([B-](F)(F)F)cc21.[K+]. The third-order valence-corrected chi connectivity index (χ3v) is 2.20. The van der Waals surface area contributed by atoms with E-state index in [1.54, 1.807) is 0 Å². The first kappa shape index (κ1) is 13.2. The molecule has 15 heavy (non-hydrogen) atoms. The number of fused-ring (bicyclic) bond motifs is 1. The van der Waals surface area contributed by atoms with Crippen LogP contribution >= 0.6 is 0 Å². The monoisotopic (exact) mass is 239 g/mol. The molecule has 0 saturated carbocycles. The Hall–Kier alpha value is 0.181. The Morgan fingerprint density at radius 3 is 2.53 bits per heavy atom. The summed E-state index contributed by atoms with van der Waals surface area (Å²) in [4.78, 5) is 11.1. The maximum atomic E-state index is 12.3. The largest absolute Gasteiger partial charge is 1.00 e. The number of amides is 1. The number of hydrogen-bond donors (Lipinski definition) is 1. The third kappa shape index (κ3) is 2.65. The van der Waals surface area contributed by atoms with Crippen LogP contribution in [-0.4, -0.2) is 12.9 Å². The van der Waals surface area contributed by atoms with Crippen molar-refractivity contribution in [3.8, 4) is 0 Å². The van der Waals surface area contributed by atoms with E-state index in [0.29, 0.717) is 12.1 Å². The van der Waals surface area contributed by atoms with Gasteiger partial charge in [-0.05, 0) is 5.56 Å². The Balaban J connectivity index is 0.00000112. The van der Waals surface area contributed by atoms with Gasteiger partial charge < -0.3 is 18.3 Å². The zero-order chi connectivity index (χ0) is 10.3. The molecule has 1 aliphatic heterocycles. The van der Waals surface area contributed by atoms with E-state index in [9.17, 15) is 17.7 Å². The molecule has 0 bridgehead atoms. The van der Waals surface area contributed by atoms with Gasteiger partial charge in [-0.3, -0.25) is 4.79 Å². The summed E-state index contributed by atoms with van der Waals surface area (Å²) in [7, 11) is 0. The summed E-state index contributed by atoms with van der Waals surface area (Å²) >= 11 is 0. The van der Waals surface area contributed by atoms with Crippen molar-refractivity contribution in [1.82, 2.24) is 5.32 Å². The first-order valence-electron chi connectivity index (χ1n) is 4.09. The summed E-state index contributed by atoms with van der Waals surface area (Å²) in [5.41, 5.74) is 0.0429. The van der Waals surface area contributed by atoms with E-state index in [4.69, 9.17) is 0 Å². The minimum absolute atomic E-state index is 0. The van der Waals surface area contributed by atoms with Crippen LogP contribution in [-0.2, 0) is 6.54 Å². The maximum Gasteiger partial charge on any atom is 1.00 e. The fourth-order valence-corrected chi connectivity index (χ4v) is 1.43. The predicted octanol–water partition coefficient (Wildman–Crippen LogP) is -2.01. The molecule has 2 rings (SSSR count). The molecular formula is C8H6BF3KNO. The van der Waals surface area contributed by atoms with E-state index >= 15 is 0 Å². The van der Waals surface area contributed by atoms with Gasteiger partial charge in [-0.25, -0.2) is 0 Å². The van der Waals surface area contributed by atoms with Crippen molar-refractivity contribution in [3.63, 3.8) is 0 Å². The van der Waals surface area contributed by atoms with Crippen molar-refractivity contribution in [2.45, 2.75) is 6.54 Å². The van der Waals surface area contributed by atoms with Gasteiger partial charge in [0, 0.05) is 12.1 Å². The van der Waals surface area contributed by atoms with Gasteiger partial charge in [-0.15, -0.1) is 5.46 Å². The fraction of sp³-hybridized carbons (Fsp3) is 0.125. The van der Waals surface area contributed by atoms with Crippen LogP contribution in [0.25, 0.3) is 0 Å². The molecule has 1 heterocycles. The molecule has 0 radical (unpaired) electrons. The van der Waals surface area contributed by atoms with E-state index in [1.165, 1.54) is 6.07 Å². The van der Waals surface area contributed by atoms with Crippen molar-refractivity contribution in [2.75, 3.05) is 0 Å². The van der Waals surface area contributed by atoms with E-state index in [2.05, 4.69) is 5.32 Å². The molecule has 0 unspecified atom stereocenters. The molecule has 0 saturated heterocycles. The van der Waals surface area contributed by atoms with Crippen LogP contribution in [0.2, 0.25) is 0 Å². The predicted molar refractivity (Wildman–Crippen MR) is 46.3 cm³/mol. The van der Waals surface area contributed by atoms with Gasteiger partial charge in [0.15, 0.2) is 0 Å². The first-order valence-corrected chi connectivity index (χ1v) is 4.09. The van der Waals surface area contributed by atoms with E-state index in [0.717, 1.165) is 12.1 Å². The number of halogens is 3. The summed E-state index contributed by atoms with van der Waals surface area (Å²) in [5, 5.41) is 2.46. The van der Waals surface area contributed by atoms with E-state index in [1.807, 2.05) is 0 Å². The van der Waals surface area contributed by atoms with Crippen molar-refractivity contribution in [1.29, 1.82) is 0 Å². The molecule has 0 aromatic heterocycles. The van der Waals surface area contributed by atoms with E-state index in [-0.39, 0.29) is 56.9 Å². The third-order valence-electron chi connectivity index (χ3n) is 2.20. The van der Waals surface area contributed by atoms with Crippen LogP contribution in [0.4, 0.5) is 12.9 Å². The minimum atomic E-state index is -5.02. The Bertz CT molecular complexity index is 407. The zero-order valence-electron chi connectivity index (χ0n) is 8.06. The molecule has 1 N–H and O–H groups in total. The second-order valence-electron chi connectivity index (χ2n) is 3.17. The van der Waals surface area contributed by atoms with Crippen molar-refractivity contribution < 1.29 is 69.1 Å². The summed E-state index contributed by atoms with van der Waals surface area (Å²) < 4.78 is 36.9. The number of carbonyl (C=O) groups is 1. The average molecular weight is 239 g/mol. The average Bonchev–Trinajstić information content (AvgIpc) is 2.46. The molecule has 0 atom stereocenters. The molecule has 7 heteroatoms. The molecule has 1 aliphatic rings. The molecule has 0 aliphatic carbocycles. The number of nitrogens with one attached hydrogen (secondary N) is 1. The minimum Gasteiger partial charge on any atom is -0.445 e. The second-order valence-corrected chi connectivity index (χ2v) is 3.17. The van der Waals surface area contributed by atoms with Crippen LogP contribution in [0.5, 0.6) is 0 Å². The van der Waals surface area contributed by atoms with Crippen LogP contribution in [0.1, 0.15) is 15.9 Å². The van der Waals surface area contributed by atoms with Gasteiger partial charge in [0.25, 0.3) is 5.91 Å². The van der Waals surface area contributed by atoms with Gasteiger partial charge in [-0.1, -0.05) is 18.2 Å². The zero-order valence-corrected chi connectivity index (χ0v) is 11.2. The maximum absolute atomic E-state index is 12.3. The second kappa shape index (κ2) is 4.59. The number of hydrogen-bond acceptors (Lipinski definition) is 1. The van der Waals surface area contributed by atoms with Crippen LogP contribution in [0.15, 0.2) is 18.2 Å². The van der Waals surface area contributed by atoms with Gasteiger partial charge in [0.1, 0.15) is 0 Å². The van der Waals surface area contributed by atoms with Gasteiger partial charge in [-0.2, -0.15) is 0 Å². The molecule has 1 amide bonds. The van der Waals surface area contributed by atoms with Gasteiger partial charge in [0.05, 0.1) is 0 Å². The molecule has 1 aromatic carbocycles. The Kier molecular flexibility index (Phi) is 4.05. The molecule has 0 spiro atoms. The van der Waals surface area contributed by atoms with Crippen LogP contribution in [0.3, 0.4) is 0 Å². The molecule has 0 fully saturated rings. The Labute approximate surface area is 127 Å². The fourth-order valence-electron chi connectivity index (χ4n) is 1.43. The molecule has 2 nitrogen and oxygen atoms in total. The first-order chi connectivity index (χ1) is 6.48. The molecular weight excluding hydrogens is 233 g/mol. The number of carbonyl (C=O) groups excluding carboxylic acids is 1. The van der Waals surface area contributed by atoms with Crippen LogP contribution < -0.4 is 62.2 Å². The Morgan fingerprint density at radius 1 is 1.27 bits per heavy atom. The Morgan fingerprint density at radius 2 is 1.93 bits per heavy atom. The van der Waals surface area contributed by atoms with Crippen molar-refractivity contribution >= 4 is 18.3 Å². The van der Waals surface area contributed by atoms with Gasteiger partial charge in [0.2, 0.25) is 0 Å². The number of rotatable bonds is 1. The summed E-state index contributed by atoms with van der Waals surface area (Å²) in [6.45, 7) is -4.70. The quantitative estimate of drug-likeness (QED) is 0.564. The summed E-state index contributed by atoms with van der Waals surface area (Å²) in [6.07, 6.45) is 0. The van der Waals surface area contributed by atoms with Crippen molar-refractivity contribution in [3.05, 3.63) is 29.3 Å². The molecule has 1 aromatic rings. The normalized spacial score (nSPS) is 14.2.